The highest BCUT2D eigenvalue weighted by Gasteiger charge is 2.40. The fourth-order valence-electron chi connectivity index (χ4n) is 3.13. The molecule has 1 atom stereocenters. The maximum atomic E-state index is 12.6. The number of hydrogen-bond acceptors (Lipinski definition) is 5. The Balaban J connectivity index is 2.04. The minimum absolute atomic E-state index is 0.111. The third kappa shape index (κ3) is 3.90. The van der Waals surface area contributed by atoms with Gasteiger partial charge in [-0.05, 0) is 32.8 Å². The Hall–Kier alpha value is -2.62. The van der Waals surface area contributed by atoms with E-state index in [1.165, 1.54) is 31.0 Å². The summed E-state index contributed by atoms with van der Waals surface area (Å²) in [5.74, 6) is -1.29. The quantitative estimate of drug-likeness (QED) is 0.652. The second kappa shape index (κ2) is 7.51. The van der Waals surface area contributed by atoms with E-state index < -0.39 is 23.5 Å². The molecule has 2 rings (SSSR count). The zero-order valence-electron chi connectivity index (χ0n) is 14.8. The lowest BCUT2D eigenvalue weighted by atomic mass is 9.81. The van der Waals surface area contributed by atoms with Gasteiger partial charge >= 0.3 is 5.97 Å². The van der Waals surface area contributed by atoms with Gasteiger partial charge in [0.2, 0.25) is 0 Å². The molecule has 0 bridgehead atoms. The van der Waals surface area contributed by atoms with Crippen LogP contribution in [0.25, 0.3) is 0 Å². The first-order valence-electron chi connectivity index (χ1n) is 8.40. The molecule has 1 aliphatic rings. The van der Waals surface area contributed by atoms with Crippen molar-refractivity contribution in [2.75, 3.05) is 7.05 Å². The number of rotatable bonds is 5. The van der Waals surface area contributed by atoms with Crippen LogP contribution >= 0.6 is 0 Å². The maximum Gasteiger partial charge on any atom is 0.355 e. The number of H-pyrrole nitrogens is 1. The molecule has 1 fully saturated rings. The monoisotopic (exact) mass is 345 g/mol. The summed E-state index contributed by atoms with van der Waals surface area (Å²) in [6.45, 7) is 2.88. The average Bonchev–Trinajstić information content (AvgIpc) is 3.11. The number of Topliss-reactive ketones (excluding diaryl/α,β-unsaturated/α-hetero) is 1. The molecule has 0 aromatic carbocycles. The number of amides is 1. The van der Waals surface area contributed by atoms with Gasteiger partial charge in [0.05, 0.1) is 6.07 Å². The summed E-state index contributed by atoms with van der Waals surface area (Å²) in [5, 5.41) is 9.57. The number of nitriles is 1. The summed E-state index contributed by atoms with van der Waals surface area (Å²) in [5.41, 5.74) is -0.349. The smallest absolute Gasteiger partial charge is 0.355 e. The lowest BCUT2D eigenvalue weighted by Gasteiger charge is -2.39. The Morgan fingerprint density at radius 3 is 2.48 bits per heavy atom. The Kier molecular flexibility index (Phi) is 5.62. The highest BCUT2D eigenvalue weighted by atomic mass is 16.5. The Labute approximate surface area is 146 Å². The molecule has 1 amide bonds. The average molecular weight is 345 g/mol. The SMILES string of the molecule is CC(=O)c1c[nH]c(C(=O)O[C@@H](C)C(=O)N(C)C2(C#N)CCCCC2)c1. The van der Waals surface area contributed by atoms with E-state index in [1.54, 1.807) is 7.05 Å². The number of hydrogen-bond donors (Lipinski definition) is 1. The normalized spacial score (nSPS) is 17.2. The van der Waals surface area contributed by atoms with Crippen molar-refractivity contribution in [1.82, 2.24) is 9.88 Å². The van der Waals surface area contributed by atoms with Gasteiger partial charge in [-0.3, -0.25) is 9.59 Å². The van der Waals surface area contributed by atoms with Gasteiger partial charge in [-0.15, -0.1) is 0 Å². The third-order valence-electron chi connectivity index (χ3n) is 4.80. The summed E-state index contributed by atoms with van der Waals surface area (Å²) in [6, 6.07) is 3.67. The van der Waals surface area contributed by atoms with Crippen LogP contribution in [0.5, 0.6) is 0 Å². The maximum absolute atomic E-state index is 12.6. The van der Waals surface area contributed by atoms with Gasteiger partial charge in [-0.2, -0.15) is 5.26 Å². The lowest BCUT2D eigenvalue weighted by Crippen LogP contribution is -2.53. The van der Waals surface area contributed by atoms with Gasteiger partial charge in [-0.1, -0.05) is 19.3 Å². The molecule has 7 heteroatoms. The number of carbonyl (C=O) groups excluding carboxylic acids is 3. The number of aromatic amines is 1. The van der Waals surface area contributed by atoms with E-state index in [9.17, 15) is 19.6 Å². The predicted octanol–water partition coefficient (Wildman–Crippen LogP) is 2.45. The van der Waals surface area contributed by atoms with E-state index in [-0.39, 0.29) is 11.5 Å². The van der Waals surface area contributed by atoms with Crippen LogP contribution in [0.4, 0.5) is 0 Å². The van der Waals surface area contributed by atoms with Gasteiger partial charge < -0.3 is 14.6 Å². The zero-order valence-corrected chi connectivity index (χ0v) is 14.8. The van der Waals surface area contributed by atoms with Crippen LogP contribution < -0.4 is 0 Å². The van der Waals surface area contributed by atoms with Crippen molar-refractivity contribution in [2.24, 2.45) is 0 Å². The number of aromatic nitrogens is 1. The molecule has 1 aromatic rings. The van der Waals surface area contributed by atoms with Crippen molar-refractivity contribution in [3.05, 3.63) is 23.5 Å². The van der Waals surface area contributed by atoms with Crippen molar-refractivity contribution in [1.29, 1.82) is 5.26 Å². The predicted molar refractivity (Wildman–Crippen MR) is 89.9 cm³/mol. The Morgan fingerprint density at radius 1 is 1.32 bits per heavy atom. The van der Waals surface area contributed by atoms with Crippen LogP contribution in [0.2, 0.25) is 0 Å². The Bertz CT molecular complexity index is 710. The second-order valence-corrected chi connectivity index (χ2v) is 6.51. The number of esters is 1. The van der Waals surface area contributed by atoms with Crippen LogP contribution in [0, 0.1) is 11.3 Å². The fourth-order valence-corrected chi connectivity index (χ4v) is 3.13. The molecular weight excluding hydrogens is 322 g/mol. The summed E-state index contributed by atoms with van der Waals surface area (Å²) in [7, 11) is 1.59. The second-order valence-electron chi connectivity index (χ2n) is 6.51. The van der Waals surface area contributed by atoms with E-state index >= 15 is 0 Å². The molecule has 0 spiro atoms. The molecule has 0 unspecified atom stereocenters. The molecule has 1 N–H and O–H groups in total. The van der Waals surface area contributed by atoms with Gasteiger partial charge in [0.25, 0.3) is 5.91 Å². The molecule has 25 heavy (non-hydrogen) atoms. The standard InChI is InChI=1S/C18H23N3O4/c1-12(22)14-9-15(20-10-14)17(24)25-13(2)16(23)21(3)18(11-19)7-5-4-6-8-18/h9-10,13,20H,4-8H2,1-3H3/t13-/m0/s1. The summed E-state index contributed by atoms with van der Waals surface area (Å²) in [6.07, 6.45) is 4.51. The first-order valence-corrected chi connectivity index (χ1v) is 8.40. The number of carbonyl (C=O) groups is 3. The van der Waals surface area contributed by atoms with E-state index in [1.807, 2.05) is 0 Å². The minimum Gasteiger partial charge on any atom is -0.448 e. The summed E-state index contributed by atoms with van der Waals surface area (Å²) in [4.78, 5) is 40.1. The van der Waals surface area contributed by atoms with Crippen LogP contribution in [0.1, 0.15) is 66.8 Å². The first kappa shape index (κ1) is 18.7. The van der Waals surface area contributed by atoms with Crippen LogP contribution in [-0.4, -0.2) is 46.2 Å². The molecule has 134 valence electrons. The molecule has 1 heterocycles. The lowest BCUT2D eigenvalue weighted by molar-refractivity contribution is -0.143. The topological polar surface area (TPSA) is 103 Å². The van der Waals surface area contributed by atoms with Crippen molar-refractivity contribution >= 4 is 17.7 Å². The molecule has 7 nitrogen and oxygen atoms in total. The van der Waals surface area contributed by atoms with E-state index in [0.717, 1.165) is 19.3 Å². The highest BCUT2D eigenvalue weighted by molar-refractivity contribution is 5.98. The highest BCUT2D eigenvalue weighted by Crippen LogP contribution is 2.32. The number of ether oxygens (including phenoxy) is 1. The number of likely N-dealkylation sites (N-methyl/N-ethyl adjacent to an activating group) is 1. The van der Waals surface area contributed by atoms with Gasteiger partial charge in [0.1, 0.15) is 11.2 Å². The molecule has 1 aromatic heterocycles. The number of nitrogens with zero attached hydrogens (tertiary/aromatic N) is 2. The molecule has 0 radical (unpaired) electrons. The van der Waals surface area contributed by atoms with Gasteiger partial charge in [0, 0.05) is 18.8 Å². The van der Waals surface area contributed by atoms with Crippen LogP contribution in [0.3, 0.4) is 0 Å². The van der Waals surface area contributed by atoms with Crippen molar-refractivity contribution in [2.45, 2.75) is 57.6 Å². The summed E-state index contributed by atoms with van der Waals surface area (Å²) >= 11 is 0. The third-order valence-corrected chi connectivity index (χ3v) is 4.80. The molecular formula is C18H23N3O4. The van der Waals surface area contributed by atoms with Gasteiger partial charge in [-0.25, -0.2) is 4.79 Å². The summed E-state index contributed by atoms with van der Waals surface area (Å²) < 4.78 is 5.21. The molecule has 0 aliphatic heterocycles. The van der Waals surface area contributed by atoms with Crippen LogP contribution in [-0.2, 0) is 9.53 Å². The van der Waals surface area contributed by atoms with Gasteiger partial charge in [0.15, 0.2) is 11.9 Å². The minimum atomic E-state index is -1.02. The van der Waals surface area contributed by atoms with Crippen LogP contribution in [0.15, 0.2) is 12.3 Å². The van der Waals surface area contributed by atoms with Crippen molar-refractivity contribution < 1.29 is 19.1 Å². The van der Waals surface area contributed by atoms with E-state index in [2.05, 4.69) is 11.1 Å². The molecule has 0 saturated heterocycles. The first-order chi connectivity index (χ1) is 11.8. The Morgan fingerprint density at radius 2 is 1.96 bits per heavy atom. The van der Waals surface area contributed by atoms with Crippen molar-refractivity contribution in [3.63, 3.8) is 0 Å². The van der Waals surface area contributed by atoms with Crippen molar-refractivity contribution in [3.8, 4) is 6.07 Å². The molecule has 1 aliphatic carbocycles. The fraction of sp³-hybridized carbons (Fsp3) is 0.556. The zero-order chi connectivity index (χ0) is 18.6. The van der Waals surface area contributed by atoms with E-state index in [0.29, 0.717) is 18.4 Å². The number of nitrogens with one attached hydrogen (secondary N) is 1. The molecule has 1 saturated carbocycles. The number of ketones is 1. The largest absolute Gasteiger partial charge is 0.448 e. The van der Waals surface area contributed by atoms with E-state index in [4.69, 9.17) is 4.74 Å².